The molecule has 0 saturated carbocycles. The van der Waals surface area contributed by atoms with Crippen LogP contribution in [0.25, 0.3) is 10.9 Å². The number of H-pyrrole nitrogens is 1. The molecule has 2 heterocycles. The number of para-hydroxylation sites is 1. The third-order valence-electron chi connectivity index (χ3n) is 4.27. The van der Waals surface area contributed by atoms with E-state index in [9.17, 15) is 9.90 Å². The Labute approximate surface area is 154 Å². The molecular weight excluding hydrogens is 348 g/mol. The first-order valence-corrected chi connectivity index (χ1v) is 9.17. The average molecular weight is 366 g/mol. The minimum Gasteiger partial charge on any atom is -0.494 e. The fraction of sp³-hybridized carbons (Fsp3) is 0.150. The second-order valence-corrected chi connectivity index (χ2v) is 7.09. The summed E-state index contributed by atoms with van der Waals surface area (Å²) in [5.74, 6) is 0.760. The highest BCUT2D eigenvalue weighted by Crippen LogP contribution is 2.22. The third-order valence-corrected chi connectivity index (χ3v) is 5.14. The second-order valence-electron chi connectivity index (χ2n) is 6.02. The molecule has 0 aliphatic carbocycles. The molecule has 0 aliphatic rings. The van der Waals surface area contributed by atoms with Crippen LogP contribution in [0.2, 0.25) is 0 Å². The van der Waals surface area contributed by atoms with Crippen LogP contribution in [-0.4, -0.2) is 21.3 Å². The Morgan fingerprint density at radius 1 is 1.08 bits per heavy atom. The van der Waals surface area contributed by atoms with Crippen molar-refractivity contribution >= 4 is 22.2 Å². The number of hydrogen-bond donors (Lipinski definition) is 2. The molecular formula is C20H18N2O3S. The minimum absolute atomic E-state index is 0.0423. The van der Waals surface area contributed by atoms with E-state index in [2.05, 4.69) is 33.9 Å². The van der Waals surface area contributed by atoms with Crippen LogP contribution in [0.5, 0.6) is 11.6 Å². The van der Waals surface area contributed by atoms with Crippen LogP contribution < -0.4 is 9.61 Å². The number of aromatic hydroxyl groups is 1. The molecule has 0 bridgehead atoms. The Balaban J connectivity index is 1.35. The number of hydrogen-bond acceptors (Lipinski definition) is 4. The highest BCUT2D eigenvalue weighted by atomic mass is 32.1. The van der Waals surface area contributed by atoms with Crippen molar-refractivity contribution in [1.29, 1.82) is 0 Å². The highest BCUT2D eigenvalue weighted by Gasteiger charge is 2.07. The van der Waals surface area contributed by atoms with Gasteiger partial charge >= 0.3 is 4.87 Å². The number of ether oxygens (including phenoxy) is 1. The van der Waals surface area contributed by atoms with E-state index in [1.807, 2.05) is 36.4 Å². The number of benzene rings is 2. The molecule has 0 radical (unpaired) electrons. The lowest BCUT2D eigenvalue weighted by Crippen LogP contribution is -2.07. The van der Waals surface area contributed by atoms with Gasteiger partial charge in [-0.2, -0.15) is 0 Å². The zero-order valence-corrected chi connectivity index (χ0v) is 14.8. The van der Waals surface area contributed by atoms with Gasteiger partial charge in [-0.25, -0.2) is 0 Å². The van der Waals surface area contributed by atoms with Crippen molar-refractivity contribution in [3.05, 3.63) is 80.9 Å². The summed E-state index contributed by atoms with van der Waals surface area (Å²) in [5, 5.41) is 10.9. The maximum Gasteiger partial charge on any atom is 0.307 e. The average Bonchev–Trinajstić information content (AvgIpc) is 3.19. The van der Waals surface area contributed by atoms with Crippen molar-refractivity contribution in [2.45, 2.75) is 13.0 Å². The Morgan fingerprint density at radius 2 is 1.88 bits per heavy atom. The molecule has 2 N–H and O–H groups in total. The molecule has 6 heteroatoms. The molecule has 0 unspecified atom stereocenters. The lowest BCUT2D eigenvalue weighted by molar-refractivity contribution is 0.300. The van der Waals surface area contributed by atoms with E-state index in [4.69, 9.17) is 4.74 Å². The predicted molar refractivity (Wildman–Crippen MR) is 103 cm³/mol. The summed E-state index contributed by atoms with van der Waals surface area (Å²) >= 11 is 1.03. The minimum atomic E-state index is -0.241. The zero-order valence-electron chi connectivity index (χ0n) is 14.0. The summed E-state index contributed by atoms with van der Waals surface area (Å²) in [6.45, 7) is 1.36. The maximum absolute atomic E-state index is 11.2. The molecule has 4 rings (SSSR count). The largest absolute Gasteiger partial charge is 0.494 e. The number of fused-ring (bicyclic) bond motifs is 1. The topological polar surface area (TPSA) is 67.2 Å². The van der Waals surface area contributed by atoms with Crippen LogP contribution in [0.4, 0.5) is 0 Å². The fourth-order valence-electron chi connectivity index (χ4n) is 2.96. The molecule has 2 aromatic carbocycles. The van der Waals surface area contributed by atoms with Crippen molar-refractivity contribution in [2.24, 2.45) is 0 Å². The quantitative estimate of drug-likeness (QED) is 0.546. The first-order chi connectivity index (χ1) is 12.7. The first kappa shape index (κ1) is 16.5. The van der Waals surface area contributed by atoms with Crippen LogP contribution in [0.3, 0.4) is 0 Å². The van der Waals surface area contributed by atoms with E-state index < -0.39 is 0 Å². The molecule has 0 saturated heterocycles. The van der Waals surface area contributed by atoms with Crippen molar-refractivity contribution in [3.8, 4) is 11.6 Å². The summed E-state index contributed by atoms with van der Waals surface area (Å²) in [6.07, 6.45) is 2.59. The van der Waals surface area contributed by atoms with E-state index in [-0.39, 0.29) is 10.8 Å². The van der Waals surface area contributed by atoms with E-state index >= 15 is 0 Å². The Bertz CT molecular complexity index is 1080. The number of rotatable bonds is 6. The normalized spacial score (nSPS) is 11.1. The maximum atomic E-state index is 11.2. The Kier molecular flexibility index (Phi) is 4.50. The number of nitrogens with one attached hydrogen (secondary N) is 1. The van der Waals surface area contributed by atoms with E-state index in [1.165, 1.54) is 10.9 Å². The molecule has 0 aliphatic heterocycles. The van der Waals surface area contributed by atoms with Gasteiger partial charge in [-0.3, -0.25) is 9.78 Å². The van der Waals surface area contributed by atoms with Gasteiger partial charge in [0.25, 0.3) is 0 Å². The summed E-state index contributed by atoms with van der Waals surface area (Å²) < 4.78 is 8.02. The third kappa shape index (κ3) is 3.50. The van der Waals surface area contributed by atoms with Crippen molar-refractivity contribution in [3.63, 3.8) is 0 Å². The first-order valence-electron chi connectivity index (χ1n) is 8.35. The van der Waals surface area contributed by atoms with E-state index in [1.54, 1.807) is 0 Å². The van der Waals surface area contributed by atoms with Gasteiger partial charge in [0.1, 0.15) is 12.4 Å². The lowest BCUT2D eigenvalue weighted by Gasteiger charge is -2.09. The molecule has 0 amide bonds. The van der Waals surface area contributed by atoms with Crippen LogP contribution in [0, 0.1) is 0 Å². The Hall–Kier alpha value is -2.99. The van der Waals surface area contributed by atoms with Gasteiger partial charge in [0, 0.05) is 18.1 Å². The molecule has 26 heavy (non-hydrogen) atoms. The molecule has 5 nitrogen and oxygen atoms in total. The molecule has 0 spiro atoms. The number of aromatic nitrogens is 2. The number of thiazole rings is 1. The Morgan fingerprint density at radius 3 is 2.65 bits per heavy atom. The summed E-state index contributed by atoms with van der Waals surface area (Å²) in [5.41, 5.74) is 2.22. The number of nitrogens with zero attached hydrogens (tertiary/aromatic N) is 1. The lowest BCUT2D eigenvalue weighted by atomic mass is 10.1. The predicted octanol–water partition coefficient (Wildman–Crippen LogP) is 3.77. The van der Waals surface area contributed by atoms with Gasteiger partial charge in [0.2, 0.25) is 5.88 Å². The molecule has 0 atom stereocenters. The van der Waals surface area contributed by atoms with E-state index in [0.717, 1.165) is 29.2 Å². The summed E-state index contributed by atoms with van der Waals surface area (Å²) in [7, 11) is 0. The van der Waals surface area contributed by atoms with Crippen LogP contribution >= 0.6 is 11.3 Å². The zero-order chi connectivity index (χ0) is 17.9. The van der Waals surface area contributed by atoms with Crippen molar-refractivity contribution < 1.29 is 9.84 Å². The van der Waals surface area contributed by atoms with Crippen LogP contribution in [0.15, 0.2) is 65.6 Å². The van der Waals surface area contributed by atoms with Gasteiger partial charge in [-0.15, -0.1) is 0 Å². The molecule has 2 aromatic heterocycles. The van der Waals surface area contributed by atoms with Gasteiger partial charge in [0.15, 0.2) is 0 Å². The van der Waals surface area contributed by atoms with Gasteiger partial charge in [-0.1, -0.05) is 41.7 Å². The summed E-state index contributed by atoms with van der Waals surface area (Å²) in [6, 6.07) is 18.1. The van der Waals surface area contributed by atoms with Crippen molar-refractivity contribution in [1.82, 2.24) is 9.55 Å². The number of aromatic amines is 1. The van der Waals surface area contributed by atoms with E-state index in [0.29, 0.717) is 17.9 Å². The second kappa shape index (κ2) is 7.09. The van der Waals surface area contributed by atoms with Gasteiger partial charge in [0.05, 0.1) is 11.4 Å². The monoisotopic (exact) mass is 366 g/mol. The molecule has 0 fully saturated rings. The highest BCUT2D eigenvalue weighted by molar-refractivity contribution is 7.09. The fourth-order valence-corrected chi connectivity index (χ4v) is 3.72. The van der Waals surface area contributed by atoms with Crippen molar-refractivity contribution in [2.75, 3.05) is 6.61 Å². The SMILES string of the molecule is O=c1[nH]c(O)c(Cc2ccc(OCCn3ccc4ccccc43)cc2)s1. The molecule has 4 aromatic rings. The van der Waals surface area contributed by atoms with Gasteiger partial charge in [-0.05, 0) is 35.2 Å². The molecule has 132 valence electrons. The van der Waals surface area contributed by atoms with Crippen LogP contribution in [0.1, 0.15) is 10.4 Å². The van der Waals surface area contributed by atoms with Crippen LogP contribution in [-0.2, 0) is 13.0 Å². The smallest absolute Gasteiger partial charge is 0.307 e. The standard InChI is InChI=1S/C20H18N2O3S/c23-19-18(26-20(24)21-19)13-14-5-7-16(8-6-14)25-12-11-22-10-9-15-3-1-2-4-17(15)22/h1-10,23H,11-13H2,(H,21,24). The summed E-state index contributed by atoms with van der Waals surface area (Å²) in [4.78, 5) is 14.0. The van der Waals surface area contributed by atoms with Gasteiger partial charge < -0.3 is 14.4 Å².